The normalized spacial score (nSPS) is 17.3. The molecule has 232 valence electrons. The topological polar surface area (TPSA) is 0 Å². The molecular weight excluding hydrogens is 603 g/mol. The zero-order valence-electron chi connectivity index (χ0n) is 23.8. The number of alkyl halides is 3. The molecule has 9 heteroatoms. The molecule has 0 spiro atoms. The van der Waals surface area contributed by atoms with Gasteiger partial charge in [0.1, 0.15) is 29.1 Å². The van der Waals surface area contributed by atoms with Gasteiger partial charge in [0.2, 0.25) is 0 Å². The molecule has 0 bridgehead atoms. The largest absolute Gasteiger partial charge is 0.458 e. The smallest absolute Gasteiger partial charge is 0.206 e. The Hall–Kier alpha value is -4.45. The van der Waals surface area contributed by atoms with E-state index in [9.17, 15) is 30.7 Å². The molecule has 0 N–H and O–H groups in total. The van der Waals surface area contributed by atoms with E-state index in [1.54, 1.807) is 12.1 Å². The minimum absolute atomic E-state index is 0.0230. The van der Waals surface area contributed by atoms with Crippen LogP contribution >= 0.6 is 0 Å². The highest BCUT2D eigenvalue weighted by atomic mass is 19.4. The summed E-state index contributed by atoms with van der Waals surface area (Å²) in [4.78, 5) is 0. The first kappa shape index (κ1) is 32.0. The Kier molecular flexibility index (Phi) is 9.15. The lowest BCUT2D eigenvalue weighted by Gasteiger charge is -2.23. The van der Waals surface area contributed by atoms with Gasteiger partial charge in [-0.1, -0.05) is 62.1 Å². The maximum atomic E-state index is 15.1. The molecule has 0 unspecified atom stereocenters. The van der Waals surface area contributed by atoms with Gasteiger partial charge in [0, 0.05) is 11.5 Å². The molecule has 4 aromatic carbocycles. The first-order chi connectivity index (χ1) is 21.3. The summed E-state index contributed by atoms with van der Waals surface area (Å²) in [5, 5.41) is -1.37. The molecule has 0 nitrogen and oxygen atoms in total. The standard InChI is InChI=1S/C36H25F9/c1-20-2-4-21(5-3-20)6-7-22-8-10-24(28(37)14-22)11-9-23-15-30(39)33(31(40)16-23)25-17-26-18-29(38)27(12-13-36(43,44)45)35(42)34(26)32(41)19-25/h6-11,14-21H,2-5H2,1H3/b7-6+,11-9+. The Bertz CT molecular complexity index is 1860. The van der Waals surface area contributed by atoms with E-state index < -0.39 is 68.5 Å². The summed E-state index contributed by atoms with van der Waals surface area (Å²) in [6.07, 6.45) is 6.12. The number of halogens is 9. The summed E-state index contributed by atoms with van der Waals surface area (Å²) in [6.45, 7) is 2.24. The molecule has 0 atom stereocenters. The number of fused-ring (bicyclic) bond motifs is 1. The summed E-state index contributed by atoms with van der Waals surface area (Å²) < 4.78 is 126. The highest BCUT2D eigenvalue weighted by Crippen LogP contribution is 2.35. The van der Waals surface area contributed by atoms with E-state index in [2.05, 4.69) is 13.0 Å². The maximum absolute atomic E-state index is 15.1. The fourth-order valence-corrected chi connectivity index (χ4v) is 5.46. The van der Waals surface area contributed by atoms with Crippen molar-refractivity contribution in [3.05, 3.63) is 112 Å². The van der Waals surface area contributed by atoms with Crippen LogP contribution in [0.5, 0.6) is 0 Å². The fraction of sp³-hybridized carbons (Fsp3) is 0.222. The fourth-order valence-electron chi connectivity index (χ4n) is 5.46. The molecule has 0 amide bonds. The van der Waals surface area contributed by atoms with Crippen LogP contribution in [0.4, 0.5) is 39.5 Å². The van der Waals surface area contributed by atoms with Gasteiger partial charge in [-0.3, -0.25) is 0 Å². The van der Waals surface area contributed by atoms with Crippen molar-refractivity contribution < 1.29 is 39.5 Å². The number of hydrogen-bond donors (Lipinski definition) is 0. The third-order valence-electron chi connectivity index (χ3n) is 7.86. The van der Waals surface area contributed by atoms with Crippen LogP contribution in [-0.4, -0.2) is 6.18 Å². The Morgan fingerprint density at radius 1 is 0.689 bits per heavy atom. The van der Waals surface area contributed by atoms with Gasteiger partial charge in [-0.15, -0.1) is 0 Å². The van der Waals surface area contributed by atoms with Gasteiger partial charge in [0.15, 0.2) is 5.82 Å². The molecule has 0 heterocycles. The lowest BCUT2D eigenvalue weighted by Crippen LogP contribution is -2.09. The minimum atomic E-state index is -5.05. The van der Waals surface area contributed by atoms with Crippen LogP contribution in [-0.2, 0) is 0 Å². The predicted octanol–water partition coefficient (Wildman–Crippen LogP) is 11.3. The van der Waals surface area contributed by atoms with Crippen molar-refractivity contribution in [1.29, 1.82) is 0 Å². The molecule has 0 aliphatic heterocycles. The van der Waals surface area contributed by atoms with Gasteiger partial charge in [-0.05, 0) is 83.2 Å². The molecule has 1 aliphatic carbocycles. The van der Waals surface area contributed by atoms with Gasteiger partial charge in [0.25, 0.3) is 0 Å². The van der Waals surface area contributed by atoms with Crippen molar-refractivity contribution in [2.24, 2.45) is 11.8 Å². The average Bonchev–Trinajstić information content (AvgIpc) is 2.95. The van der Waals surface area contributed by atoms with Crippen LogP contribution in [0.25, 0.3) is 40.1 Å². The summed E-state index contributed by atoms with van der Waals surface area (Å²) in [7, 11) is 0. The molecule has 4 aromatic rings. The number of allylic oxidation sites excluding steroid dienone is 1. The quantitative estimate of drug-likeness (QED) is 0.117. The molecule has 0 radical (unpaired) electrons. The van der Waals surface area contributed by atoms with Crippen molar-refractivity contribution in [2.45, 2.75) is 38.8 Å². The van der Waals surface area contributed by atoms with Gasteiger partial charge in [0.05, 0.1) is 16.5 Å². The first-order valence-electron chi connectivity index (χ1n) is 14.2. The van der Waals surface area contributed by atoms with E-state index in [1.165, 1.54) is 37.0 Å². The van der Waals surface area contributed by atoms with Crippen molar-refractivity contribution >= 4 is 29.0 Å². The van der Waals surface area contributed by atoms with E-state index in [0.717, 1.165) is 42.9 Å². The monoisotopic (exact) mass is 628 g/mol. The second-order valence-corrected chi connectivity index (χ2v) is 11.2. The number of rotatable bonds is 5. The SMILES string of the molecule is CC1CCC(/C=C/c2ccc(/C=C/c3cc(F)c(-c4cc(F)c5c(F)c(C#CC(F)(F)F)c(F)cc5c4)c(F)c3)c(F)c2)CC1. The van der Waals surface area contributed by atoms with Crippen molar-refractivity contribution in [3.8, 4) is 23.0 Å². The molecule has 5 rings (SSSR count). The van der Waals surface area contributed by atoms with E-state index in [0.29, 0.717) is 23.6 Å². The Balaban J connectivity index is 1.39. The minimum Gasteiger partial charge on any atom is -0.206 e. The molecule has 1 aliphatic rings. The van der Waals surface area contributed by atoms with Crippen LogP contribution in [0.3, 0.4) is 0 Å². The number of benzene rings is 4. The summed E-state index contributed by atoms with van der Waals surface area (Å²) >= 11 is 0. The first-order valence-corrected chi connectivity index (χ1v) is 14.2. The van der Waals surface area contributed by atoms with E-state index in [1.807, 2.05) is 6.08 Å². The van der Waals surface area contributed by atoms with E-state index in [-0.39, 0.29) is 11.1 Å². The predicted molar refractivity (Wildman–Crippen MR) is 158 cm³/mol. The van der Waals surface area contributed by atoms with Gasteiger partial charge in [-0.2, -0.15) is 13.2 Å². The highest BCUT2D eigenvalue weighted by Gasteiger charge is 2.25. The molecule has 45 heavy (non-hydrogen) atoms. The van der Waals surface area contributed by atoms with Crippen molar-refractivity contribution in [2.75, 3.05) is 0 Å². The van der Waals surface area contributed by atoms with E-state index in [4.69, 9.17) is 0 Å². The third-order valence-corrected chi connectivity index (χ3v) is 7.86. The van der Waals surface area contributed by atoms with Crippen LogP contribution < -0.4 is 0 Å². The number of hydrogen-bond acceptors (Lipinski definition) is 0. The Morgan fingerprint density at radius 3 is 2.00 bits per heavy atom. The van der Waals surface area contributed by atoms with Crippen LogP contribution in [0.2, 0.25) is 0 Å². The third kappa shape index (κ3) is 7.44. The van der Waals surface area contributed by atoms with Gasteiger partial charge >= 0.3 is 6.18 Å². The second-order valence-electron chi connectivity index (χ2n) is 11.2. The summed E-state index contributed by atoms with van der Waals surface area (Å²) in [6, 6.07) is 8.53. The highest BCUT2D eigenvalue weighted by molar-refractivity contribution is 5.90. The van der Waals surface area contributed by atoms with E-state index >= 15 is 8.78 Å². The van der Waals surface area contributed by atoms with Crippen LogP contribution in [0.15, 0.2) is 54.6 Å². The van der Waals surface area contributed by atoms with Crippen molar-refractivity contribution in [1.82, 2.24) is 0 Å². The van der Waals surface area contributed by atoms with Gasteiger partial charge in [-0.25, -0.2) is 26.3 Å². The Morgan fingerprint density at radius 2 is 1.36 bits per heavy atom. The molecule has 0 saturated heterocycles. The molecular formula is C36H25F9. The summed E-state index contributed by atoms with van der Waals surface area (Å²) in [5.74, 6) is -4.15. The van der Waals surface area contributed by atoms with Gasteiger partial charge < -0.3 is 0 Å². The van der Waals surface area contributed by atoms with Crippen molar-refractivity contribution in [3.63, 3.8) is 0 Å². The molecule has 1 saturated carbocycles. The zero-order chi connectivity index (χ0) is 32.5. The lowest BCUT2D eigenvalue weighted by atomic mass is 9.83. The molecule has 1 fully saturated rings. The molecule has 0 aromatic heterocycles. The summed E-state index contributed by atoms with van der Waals surface area (Å²) in [5.41, 5.74) is -1.51. The average molecular weight is 629 g/mol. The van der Waals surface area contributed by atoms with Crippen LogP contribution in [0.1, 0.15) is 54.9 Å². The Labute approximate surface area is 253 Å². The lowest BCUT2D eigenvalue weighted by molar-refractivity contribution is -0.0696. The van der Waals surface area contributed by atoms with Crippen LogP contribution in [0, 0.1) is 58.6 Å². The second kappa shape index (κ2) is 12.9. The zero-order valence-corrected chi connectivity index (χ0v) is 23.8. The maximum Gasteiger partial charge on any atom is 0.458 e.